The van der Waals surface area contributed by atoms with E-state index in [2.05, 4.69) is 26.2 Å². The van der Waals surface area contributed by atoms with Gasteiger partial charge in [-0.1, -0.05) is 36.9 Å². The van der Waals surface area contributed by atoms with Crippen LogP contribution < -0.4 is 10.6 Å². The number of hydrogen-bond donors (Lipinski definition) is 2. The second kappa shape index (κ2) is 8.28. The summed E-state index contributed by atoms with van der Waals surface area (Å²) >= 11 is 1.21. The van der Waals surface area contributed by atoms with Crippen molar-refractivity contribution in [2.45, 2.75) is 18.5 Å². The highest BCUT2D eigenvalue weighted by Gasteiger charge is 2.10. The third kappa shape index (κ3) is 5.06. The fourth-order valence-electron chi connectivity index (χ4n) is 1.85. The summed E-state index contributed by atoms with van der Waals surface area (Å²) in [5.74, 6) is -0.367. The van der Waals surface area contributed by atoms with Gasteiger partial charge in [-0.3, -0.25) is 9.59 Å². The molecule has 0 saturated carbocycles. The van der Waals surface area contributed by atoms with Gasteiger partial charge in [0.1, 0.15) is 0 Å². The van der Waals surface area contributed by atoms with Crippen LogP contribution in [0.25, 0.3) is 0 Å². The Labute approximate surface area is 138 Å². The van der Waals surface area contributed by atoms with Crippen LogP contribution in [0.15, 0.2) is 29.4 Å². The van der Waals surface area contributed by atoms with Crippen LogP contribution >= 0.6 is 11.8 Å². The highest BCUT2D eigenvalue weighted by molar-refractivity contribution is 7.99. The molecule has 0 aliphatic rings. The quantitative estimate of drug-likeness (QED) is 0.720. The molecule has 0 aliphatic carbocycles. The smallest absolute Gasteiger partial charge is 0.243 e. The third-order valence-corrected chi connectivity index (χ3v) is 4.04. The van der Waals surface area contributed by atoms with E-state index in [1.807, 2.05) is 31.2 Å². The zero-order chi connectivity index (χ0) is 16.7. The lowest BCUT2D eigenvalue weighted by atomic mass is 10.1. The lowest BCUT2D eigenvalue weighted by molar-refractivity contribution is -0.122. The van der Waals surface area contributed by atoms with E-state index in [0.717, 1.165) is 17.7 Å². The van der Waals surface area contributed by atoms with Crippen LogP contribution in [0.4, 0.5) is 5.69 Å². The summed E-state index contributed by atoms with van der Waals surface area (Å²) in [5.41, 5.74) is 1.83. The minimum atomic E-state index is -0.260. The Morgan fingerprint density at radius 3 is 2.74 bits per heavy atom. The van der Waals surface area contributed by atoms with E-state index >= 15 is 0 Å². The van der Waals surface area contributed by atoms with E-state index in [4.69, 9.17) is 0 Å². The van der Waals surface area contributed by atoms with Crippen LogP contribution in [0.1, 0.15) is 12.5 Å². The molecule has 122 valence electrons. The number of aromatic nitrogens is 4. The van der Waals surface area contributed by atoms with Gasteiger partial charge in [0.05, 0.1) is 12.3 Å². The van der Waals surface area contributed by atoms with E-state index in [-0.39, 0.29) is 24.1 Å². The zero-order valence-corrected chi connectivity index (χ0v) is 13.8. The van der Waals surface area contributed by atoms with Gasteiger partial charge in [-0.05, 0) is 28.5 Å². The van der Waals surface area contributed by atoms with Gasteiger partial charge < -0.3 is 10.6 Å². The highest BCUT2D eigenvalue weighted by atomic mass is 32.2. The Bertz CT molecular complexity index is 687. The number of aryl methyl sites for hydroxylation is 2. The van der Waals surface area contributed by atoms with Crippen LogP contribution in [0.2, 0.25) is 0 Å². The molecule has 0 aliphatic heterocycles. The summed E-state index contributed by atoms with van der Waals surface area (Å²) in [7, 11) is 1.69. The van der Waals surface area contributed by atoms with E-state index in [0.29, 0.717) is 5.16 Å². The van der Waals surface area contributed by atoms with Gasteiger partial charge in [0.25, 0.3) is 0 Å². The predicted molar refractivity (Wildman–Crippen MR) is 87.0 cm³/mol. The second-order valence-electron chi connectivity index (χ2n) is 4.71. The number of rotatable bonds is 7. The van der Waals surface area contributed by atoms with Crippen molar-refractivity contribution in [3.8, 4) is 0 Å². The zero-order valence-electron chi connectivity index (χ0n) is 12.9. The second-order valence-corrected chi connectivity index (χ2v) is 5.65. The third-order valence-electron chi connectivity index (χ3n) is 3.03. The van der Waals surface area contributed by atoms with Crippen molar-refractivity contribution in [2.24, 2.45) is 7.05 Å². The van der Waals surface area contributed by atoms with Crippen molar-refractivity contribution < 1.29 is 9.59 Å². The lowest BCUT2D eigenvalue weighted by Crippen LogP contribution is -2.34. The molecular weight excluding hydrogens is 316 g/mol. The monoisotopic (exact) mass is 334 g/mol. The summed E-state index contributed by atoms with van der Waals surface area (Å²) < 4.78 is 1.48. The molecule has 2 N–H and O–H groups in total. The molecule has 2 aromatic rings. The number of tetrazole rings is 1. The first-order chi connectivity index (χ1) is 11.1. The molecule has 0 spiro atoms. The van der Waals surface area contributed by atoms with Crippen molar-refractivity contribution >= 4 is 29.3 Å². The van der Waals surface area contributed by atoms with Gasteiger partial charge in [-0.2, -0.15) is 0 Å². The van der Waals surface area contributed by atoms with E-state index in [9.17, 15) is 9.59 Å². The maximum absolute atomic E-state index is 11.9. The molecule has 0 bridgehead atoms. The molecule has 0 atom stereocenters. The van der Waals surface area contributed by atoms with Crippen LogP contribution in [0.5, 0.6) is 0 Å². The predicted octanol–water partition coefficient (Wildman–Crippen LogP) is 0.619. The molecule has 9 heteroatoms. The average molecular weight is 334 g/mol. The Balaban J connectivity index is 1.75. The number of para-hydroxylation sites is 1. The minimum Gasteiger partial charge on any atom is -0.346 e. The van der Waals surface area contributed by atoms with Crippen LogP contribution in [-0.2, 0) is 23.1 Å². The number of amides is 2. The number of benzene rings is 1. The van der Waals surface area contributed by atoms with Crippen LogP contribution in [-0.4, -0.2) is 44.3 Å². The highest BCUT2D eigenvalue weighted by Crippen LogP contribution is 2.15. The molecule has 23 heavy (non-hydrogen) atoms. The summed E-state index contributed by atoms with van der Waals surface area (Å²) in [6.45, 7) is 1.94. The maximum Gasteiger partial charge on any atom is 0.243 e. The van der Waals surface area contributed by atoms with E-state index < -0.39 is 0 Å². The van der Waals surface area contributed by atoms with Crippen molar-refractivity contribution in [2.75, 3.05) is 17.6 Å². The van der Waals surface area contributed by atoms with E-state index in [1.54, 1.807) is 7.05 Å². The van der Waals surface area contributed by atoms with Crippen molar-refractivity contribution in [1.29, 1.82) is 0 Å². The average Bonchev–Trinajstić information content (AvgIpc) is 2.96. The number of carbonyl (C=O) groups excluding carboxylic acids is 2. The minimum absolute atomic E-state index is 0.0749. The standard InChI is InChI=1S/C14H18N6O2S/c1-3-10-6-4-5-7-11(10)16-12(21)8-15-13(22)9-23-14-17-18-19-20(14)2/h4-7H,3,8-9H2,1-2H3,(H,15,22)(H,16,21). The molecule has 8 nitrogen and oxygen atoms in total. The normalized spacial score (nSPS) is 10.3. The summed E-state index contributed by atoms with van der Waals surface area (Å²) in [6.07, 6.45) is 0.825. The Hall–Kier alpha value is -2.42. The van der Waals surface area contributed by atoms with E-state index in [1.165, 1.54) is 16.4 Å². The number of anilines is 1. The molecule has 1 heterocycles. The first-order valence-electron chi connectivity index (χ1n) is 7.09. The molecule has 2 rings (SSSR count). The number of nitrogens with one attached hydrogen (secondary N) is 2. The van der Waals surface area contributed by atoms with Crippen molar-refractivity contribution in [3.05, 3.63) is 29.8 Å². The maximum atomic E-state index is 11.9. The Morgan fingerprint density at radius 1 is 1.26 bits per heavy atom. The fourth-order valence-corrected chi connectivity index (χ4v) is 2.53. The first-order valence-corrected chi connectivity index (χ1v) is 8.08. The molecule has 0 saturated heterocycles. The molecular formula is C14H18N6O2S. The van der Waals surface area contributed by atoms with Gasteiger partial charge in [-0.25, -0.2) is 4.68 Å². The first kappa shape index (κ1) is 16.9. The SMILES string of the molecule is CCc1ccccc1NC(=O)CNC(=O)CSc1nnnn1C. The van der Waals surface area contributed by atoms with Gasteiger partial charge in [0, 0.05) is 12.7 Å². The number of hydrogen-bond acceptors (Lipinski definition) is 6. The summed E-state index contributed by atoms with van der Waals surface area (Å²) in [6, 6.07) is 7.59. The van der Waals surface area contributed by atoms with Crippen LogP contribution in [0.3, 0.4) is 0 Å². The summed E-state index contributed by atoms with van der Waals surface area (Å²) in [5, 5.41) is 16.8. The number of carbonyl (C=O) groups is 2. The van der Waals surface area contributed by atoms with Crippen molar-refractivity contribution in [1.82, 2.24) is 25.5 Å². The van der Waals surface area contributed by atoms with Crippen molar-refractivity contribution in [3.63, 3.8) is 0 Å². The van der Waals surface area contributed by atoms with Crippen LogP contribution in [0, 0.1) is 0 Å². The largest absolute Gasteiger partial charge is 0.346 e. The van der Waals surface area contributed by atoms with Gasteiger partial charge >= 0.3 is 0 Å². The molecule has 0 radical (unpaired) electrons. The lowest BCUT2D eigenvalue weighted by Gasteiger charge is -2.10. The molecule has 0 unspecified atom stereocenters. The number of nitrogens with zero attached hydrogens (tertiary/aromatic N) is 4. The molecule has 1 aromatic carbocycles. The molecule has 0 fully saturated rings. The molecule has 1 aromatic heterocycles. The Morgan fingerprint density at radius 2 is 2.04 bits per heavy atom. The van der Waals surface area contributed by atoms with Gasteiger partial charge in [-0.15, -0.1) is 5.10 Å². The fraction of sp³-hybridized carbons (Fsp3) is 0.357. The summed E-state index contributed by atoms with van der Waals surface area (Å²) in [4.78, 5) is 23.6. The van der Waals surface area contributed by atoms with Gasteiger partial charge in [0.15, 0.2) is 0 Å². The topological polar surface area (TPSA) is 102 Å². The molecule has 2 amide bonds. The Kier molecular flexibility index (Phi) is 6.10. The van der Waals surface area contributed by atoms with Gasteiger partial charge in [0.2, 0.25) is 17.0 Å². The number of thioether (sulfide) groups is 1.